The number of aliphatic hydroxyl groups is 1. The molecule has 5 nitrogen and oxygen atoms in total. The maximum Gasteiger partial charge on any atom is 0.252 e. The zero-order chi connectivity index (χ0) is 17.0. The van der Waals surface area contributed by atoms with Gasteiger partial charge in [0.1, 0.15) is 5.60 Å². The fourth-order valence-electron chi connectivity index (χ4n) is 4.86. The molecule has 5 heteroatoms. The Morgan fingerprint density at radius 3 is 2.33 bits per heavy atom. The second-order valence-electron chi connectivity index (χ2n) is 7.96. The van der Waals surface area contributed by atoms with Crippen molar-refractivity contribution in [2.24, 2.45) is 0 Å². The van der Waals surface area contributed by atoms with Crippen molar-refractivity contribution >= 4 is 5.91 Å². The van der Waals surface area contributed by atoms with Crippen molar-refractivity contribution in [2.45, 2.75) is 94.4 Å². The zero-order valence-electron chi connectivity index (χ0n) is 15.1. The zero-order valence-corrected chi connectivity index (χ0v) is 15.1. The number of likely N-dealkylation sites (tertiary alicyclic amines) is 1. The molecule has 1 heterocycles. The lowest BCUT2D eigenvalue weighted by Crippen LogP contribution is -2.56. The summed E-state index contributed by atoms with van der Waals surface area (Å²) >= 11 is 0. The molecule has 0 radical (unpaired) electrons. The molecule has 3 rings (SSSR count). The van der Waals surface area contributed by atoms with E-state index >= 15 is 0 Å². The van der Waals surface area contributed by atoms with E-state index in [4.69, 9.17) is 4.74 Å². The average Bonchev–Trinajstić information content (AvgIpc) is 2.63. The number of amides is 1. The lowest BCUT2D eigenvalue weighted by Gasteiger charge is -2.42. The van der Waals surface area contributed by atoms with Crippen molar-refractivity contribution in [2.75, 3.05) is 20.2 Å². The molecule has 3 aliphatic rings. The van der Waals surface area contributed by atoms with Crippen LogP contribution in [-0.2, 0) is 9.53 Å². The number of nitrogens with one attached hydrogen (secondary N) is 1. The largest absolute Gasteiger partial charge is 0.391 e. The van der Waals surface area contributed by atoms with Crippen LogP contribution in [0.1, 0.15) is 70.6 Å². The first kappa shape index (κ1) is 18.2. The van der Waals surface area contributed by atoms with E-state index in [1.54, 1.807) is 7.11 Å². The smallest absolute Gasteiger partial charge is 0.252 e. The Hall–Kier alpha value is -0.650. The summed E-state index contributed by atoms with van der Waals surface area (Å²) in [6.07, 6.45) is 11.3. The summed E-state index contributed by atoms with van der Waals surface area (Å²) in [6.45, 7) is 1.96. The first-order valence-corrected chi connectivity index (χ1v) is 9.93. The highest BCUT2D eigenvalue weighted by Gasteiger charge is 2.41. The van der Waals surface area contributed by atoms with Crippen molar-refractivity contribution in [3.63, 3.8) is 0 Å². The molecule has 0 bridgehead atoms. The van der Waals surface area contributed by atoms with Crippen molar-refractivity contribution in [1.29, 1.82) is 0 Å². The second-order valence-corrected chi connectivity index (χ2v) is 7.96. The van der Waals surface area contributed by atoms with Gasteiger partial charge in [-0.2, -0.15) is 0 Å². The second kappa shape index (κ2) is 8.15. The molecule has 0 aromatic rings. The van der Waals surface area contributed by atoms with Gasteiger partial charge in [-0.3, -0.25) is 9.69 Å². The van der Waals surface area contributed by atoms with Gasteiger partial charge in [-0.25, -0.2) is 0 Å². The summed E-state index contributed by atoms with van der Waals surface area (Å²) in [7, 11) is 1.68. The predicted octanol–water partition coefficient (Wildman–Crippen LogP) is 2.22. The number of hydrogen-bond donors (Lipinski definition) is 2. The Labute approximate surface area is 146 Å². The van der Waals surface area contributed by atoms with E-state index < -0.39 is 5.60 Å². The molecule has 0 spiro atoms. The highest BCUT2D eigenvalue weighted by atomic mass is 16.5. The van der Waals surface area contributed by atoms with Crippen molar-refractivity contribution in [3.8, 4) is 0 Å². The summed E-state index contributed by atoms with van der Waals surface area (Å²) in [5.74, 6) is 0.0980. The molecule has 2 atom stereocenters. The standard InChI is InChI=1S/C19H34N2O3/c1-24-19(11-5-2-6-12-19)18(23)20-15-9-13-21(14-10-15)16-7-3-4-8-17(16)22/h15-17,22H,2-14H2,1H3,(H,20,23)/t16-,17-/m0/s1. The SMILES string of the molecule is COC1(C(=O)NC2CCN([C@H]3CCCC[C@@H]3O)CC2)CCCCC1. The van der Waals surface area contributed by atoms with E-state index in [0.29, 0.717) is 6.04 Å². The van der Waals surface area contributed by atoms with Gasteiger partial charge in [0.25, 0.3) is 5.91 Å². The van der Waals surface area contributed by atoms with E-state index in [1.165, 1.54) is 12.8 Å². The number of hydrogen-bond acceptors (Lipinski definition) is 4. The molecule has 1 saturated heterocycles. The topological polar surface area (TPSA) is 61.8 Å². The first-order valence-electron chi connectivity index (χ1n) is 9.93. The summed E-state index contributed by atoms with van der Waals surface area (Å²) in [6, 6.07) is 0.586. The van der Waals surface area contributed by atoms with Gasteiger partial charge < -0.3 is 15.2 Å². The molecule has 3 fully saturated rings. The molecule has 0 aromatic carbocycles. The van der Waals surface area contributed by atoms with Gasteiger partial charge in [-0.05, 0) is 38.5 Å². The number of rotatable bonds is 4. The number of nitrogens with zero attached hydrogens (tertiary/aromatic N) is 1. The minimum Gasteiger partial charge on any atom is -0.391 e. The van der Waals surface area contributed by atoms with Crippen LogP contribution in [0.4, 0.5) is 0 Å². The fourth-order valence-corrected chi connectivity index (χ4v) is 4.86. The van der Waals surface area contributed by atoms with Crippen molar-refractivity contribution < 1.29 is 14.6 Å². The molecule has 0 unspecified atom stereocenters. The van der Waals surface area contributed by atoms with Crippen LogP contribution < -0.4 is 5.32 Å². The van der Waals surface area contributed by atoms with Gasteiger partial charge in [0, 0.05) is 32.3 Å². The molecule has 0 aromatic heterocycles. The summed E-state index contributed by atoms with van der Waals surface area (Å²) in [4.78, 5) is 15.2. The van der Waals surface area contributed by atoms with Crippen LogP contribution in [0.5, 0.6) is 0 Å². The van der Waals surface area contributed by atoms with Gasteiger partial charge >= 0.3 is 0 Å². The Morgan fingerprint density at radius 1 is 1.04 bits per heavy atom. The lowest BCUT2D eigenvalue weighted by molar-refractivity contribution is -0.148. The Bertz CT molecular complexity index is 415. The summed E-state index contributed by atoms with van der Waals surface area (Å²) in [5, 5.41) is 13.5. The molecule has 1 amide bonds. The number of ether oxygens (including phenoxy) is 1. The van der Waals surface area contributed by atoms with E-state index in [-0.39, 0.29) is 18.1 Å². The first-order chi connectivity index (χ1) is 11.6. The molecule has 2 saturated carbocycles. The molecular weight excluding hydrogens is 304 g/mol. The Balaban J connectivity index is 1.49. The molecule has 2 aliphatic carbocycles. The molecule has 138 valence electrons. The van der Waals surface area contributed by atoms with Crippen molar-refractivity contribution in [1.82, 2.24) is 10.2 Å². The number of aliphatic hydroxyl groups excluding tert-OH is 1. The van der Waals surface area contributed by atoms with Gasteiger partial charge in [0.15, 0.2) is 0 Å². The highest BCUT2D eigenvalue weighted by Crippen LogP contribution is 2.32. The number of carbonyl (C=O) groups excluding carboxylic acids is 1. The number of piperidine rings is 1. The predicted molar refractivity (Wildman–Crippen MR) is 93.8 cm³/mol. The van der Waals surface area contributed by atoms with Crippen LogP contribution in [0.15, 0.2) is 0 Å². The molecule has 2 N–H and O–H groups in total. The molecule has 1 aliphatic heterocycles. The maximum absolute atomic E-state index is 12.8. The van der Waals surface area contributed by atoms with Crippen LogP contribution in [0.25, 0.3) is 0 Å². The van der Waals surface area contributed by atoms with Crippen LogP contribution in [0.3, 0.4) is 0 Å². The lowest BCUT2D eigenvalue weighted by atomic mass is 9.83. The quantitative estimate of drug-likeness (QED) is 0.825. The van der Waals surface area contributed by atoms with E-state index in [9.17, 15) is 9.90 Å². The van der Waals surface area contributed by atoms with Gasteiger partial charge in [-0.15, -0.1) is 0 Å². The number of methoxy groups -OCH3 is 1. The summed E-state index contributed by atoms with van der Waals surface area (Å²) in [5.41, 5.74) is -0.588. The Kier molecular flexibility index (Phi) is 6.17. The van der Waals surface area contributed by atoms with Crippen LogP contribution >= 0.6 is 0 Å². The fraction of sp³-hybridized carbons (Fsp3) is 0.947. The minimum absolute atomic E-state index is 0.0980. The highest BCUT2D eigenvalue weighted by molar-refractivity contribution is 5.85. The van der Waals surface area contributed by atoms with E-state index in [0.717, 1.165) is 70.9 Å². The monoisotopic (exact) mass is 338 g/mol. The van der Waals surface area contributed by atoms with Gasteiger partial charge in [0.2, 0.25) is 0 Å². The third-order valence-electron chi connectivity index (χ3n) is 6.49. The van der Waals surface area contributed by atoms with E-state index in [2.05, 4.69) is 10.2 Å². The average molecular weight is 338 g/mol. The third-order valence-corrected chi connectivity index (χ3v) is 6.49. The van der Waals surface area contributed by atoms with Gasteiger partial charge in [-0.1, -0.05) is 32.1 Å². The molecular formula is C19H34N2O3. The van der Waals surface area contributed by atoms with Gasteiger partial charge in [0.05, 0.1) is 6.10 Å². The molecule has 24 heavy (non-hydrogen) atoms. The third kappa shape index (κ3) is 3.94. The van der Waals surface area contributed by atoms with Crippen molar-refractivity contribution in [3.05, 3.63) is 0 Å². The summed E-state index contributed by atoms with van der Waals surface area (Å²) < 4.78 is 5.66. The Morgan fingerprint density at radius 2 is 1.71 bits per heavy atom. The van der Waals surface area contributed by atoms with E-state index in [1.807, 2.05) is 0 Å². The maximum atomic E-state index is 12.8. The van der Waals surface area contributed by atoms with Crippen LogP contribution in [-0.4, -0.2) is 59.9 Å². The van der Waals surface area contributed by atoms with Crippen LogP contribution in [0, 0.1) is 0 Å². The number of carbonyl (C=O) groups is 1. The van der Waals surface area contributed by atoms with Crippen LogP contribution in [0.2, 0.25) is 0 Å². The normalized spacial score (nSPS) is 32.4. The minimum atomic E-state index is -0.588.